The number of nitrogens with two attached hydrogens (primary N) is 1. The summed E-state index contributed by atoms with van der Waals surface area (Å²) in [6.45, 7) is -0.00148. The predicted octanol–water partition coefficient (Wildman–Crippen LogP) is -0.403. The number of hydrogen-bond donors (Lipinski definition) is 3. The minimum atomic E-state index is -0.00148. The summed E-state index contributed by atoms with van der Waals surface area (Å²) < 4.78 is 0. The first-order valence-electron chi connectivity index (χ1n) is 3.63. The average molecular weight is 176 g/mol. The quantitative estimate of drug-likeness (QED) is 0.507. The van der Waals surface area contributed by atoms with Gasteiger partial charge < -0.3 is 10.8 Å². The van der Waals surface area contributed by atoms with Crippen LogP contribution in [0.15, 0.2) is 0 Å². The summed E-state index contributed by atoms with van der Waals surface area (Å²) in [5.41, 5.74) is 6.03. The first-order chi connectivity index (χ1) is 6.29. The molecule has 66 valence electrons. The van der Waals surface area contributed by atoms with E-state index in [1.165, 1.54) is 0 Å². The van der Waals surface area contributed by atoms with Crippen molar-refractivity contribution >= 4 is 5.82 Å². The summed E-state index contributed by atoms with van der Waals surface area (Å²) in [7, 11) is 0. The number of H-pyrrole nitrogens is 1. The average Bonchev–Trinajstić information content (AvgIpc) is 2.47. The molecule has 1 aromatic heterocycles. The summed E-state index contributed by atoms with van der Waals surface area (Å²) in [5.74, 6) is 5.47. The van der Waals surface area contributed by atoms with Gasteiger partial charge in [0, 0.05) is 6.42 Å². The molecule has 0 spiro atoms. The first kappa shape index (κ1) is 9.11. The van der Waals surface area contributed by atoms with Gasteiger partial charge in [0.05, 0.1) is 6.61 Å². The molecule has 1 aromatic rings. The van der Waals surface area contributed by atoms with Crippen LogP contribution in [0, 0.1) is 23.2 Å². The highest BCUT2D eigenvalue weighted by atomic mass is 16.2. The number of aliphatic hydroxyl groups excluding tert-OH is 1. The number of aromatic nitrogens is 2. The number of anilines is 1. The second kappa shape index (κ2) is 4.15. The summed E-state index contributed by atoms with van der Waals surface area (Å²) in [6.07, 6.45) is 0.365. The zero-order valence-electron chi connectivity index (χ0n) is 6.83. The van der Waals surface area contributed by atoms with E-state index in [4.69, 9.17) is 16.1 Å². The van der Waals surface area contributed by atoms with Crippen molar-refractivity contribution in [1.29, 1.82) is 5.26 Å². The number of aliphatic hydroxyl groups is 1. The van der Waals surface area contributed by atoms with Crippen molar-refractivity contribution in [3.63, 3.8) is 0 Å². The fourth-order valence-corrected chi connectivity index (χ4v) is 0.766. The molecule has 0 saturated carbocycles. The van der Waals surface area contributed by atoms with Crippen molar-refractivity contribution in [2.45, 2.75) is 6.42 Å². The van der Waals surface area contributed by atoms with E-state index in [2.05, 4.69) is 22.0 Å². The number of rotatable bonds is 1. The fraction of sp³-hybridized carbons (Fsp3) is 0.250. The Kier molecular flexibility index (Phi) is 2.91. The lowest BCUT2D eigenvalue weighted by Crippen LogP contribution is -1.87. The first-order valence-corrected chi connectivity index (χ1v) is 3.63. The monoisotopic (exact) mass is 176 g/mol. The predicted molar refractivity (Wildman–Crippen MR) is 46.3 cm³/mol. The van der Waals surface area contributed by atoms with E-state index < -0.39 is 0 Å². The van der Waals surface area contributed by atoms with E-state index >= 15 is 0 Å². The van der Waals surface area contributed by atoms with Crippen molar-refractivity contribution in [3.8, 4) is 17.9 Å². The van der Waals surface area contributed by atoms with E-state index in [0.717, 1.165) is 0 Å². The van der Waals surface area contributed by atoms with Gasteiger partial charge in [-0.1, -0.05) is 5.92 Å². The molecule has 0 amide bonds. The minimum absolute atomic E-state index is 0.00148. The molecule has 4 N–H and O–H groups in total. The largest absolute Gasteiger partial charge is 0.395 e. The number of nitrogens with zero attached hydrogens (tertiary/aromatic N) is 2. The van der Waals surface area contributed by atoms with E-state index in [-0.39, 0.29) is 18.0 Å². The molecule has 0 unspecified atom stereocenters. The van der Waals surface area contributed by atoms with Crippen LogP contribution >= 0.6 is 0 Å². The molecule has 0 radical (unpaired) electrons. The number of hydrogen-bond acceptors (Lipinski definition) is 4. The molecule has 0 aromatic carbocycles. The lowest BCUT2D eigenvalue weighted by Gasteiger charge is -1.83. The zero-order chi connectivity index (χ0) is 9.68. The Morgan fingerprint density at radius 2 is 2.38 bits per heavy atom. The molecule has 5 nitrogen and oxygen atoms in total. The third-order valence-electron chi connectivity index (χ3n) is 1.36. The Morgan fingerprint density at radius 1 is 1.62 bits per heavy atom. The van der Waals surface area contributed by atoms with Crippen molar-refractivity contribution in [1.82, 2.24) is 10.2 Å². The van der Waals surface area contributed by atoms with Crippen LogP contribution in [-0.2, 0) is 0 Å². The second-order valence-corrected chi connectivity index (χ2v) is 2.25. The van der Waals surface area contributed by atoms with Crippen molar-refractivity contribution < 1.29 is 5.11 Å². The number of nitrogens with one attached hydrogen (secondary N) is 1. The van der Waals surface area contributed by atoms with Gasteiger partial charge >= 0.3 is 0 Å². The van der Waals surface area contributed by atoms with Crippen molar-refractivity contribution in [3.05, 3.63) is 11.3 Å². The molecule has 1 heterocycles. The molecule has 0 fully saturated rings. The van der Waals surface area contributed by atoms with Gasteiger partial charge in [-0.2, -0.15) is 10.4 Å². The Morgan fingerprint density at radius 3 is 3.00 bits per heavy atom. The highest BCUT2D eigenvalue weighted by Crippen LogP contribution is 2.09. The lowest BCUT2D eigenvalue weighted by molar-refractivity contribution is 0.305. The Hall–Kier alpha value is -1.98. The maximum atomic E-state index is 8.64. The highest BCUT2D eigenvalue weighted by Gasteiger charge is 2.06. The van der Waals surface area contributed by atoms with E-state index in [1.807, 2.05) is 6.07 Å². The van der Waals surface area contributed by atoms with Crippen molar-refractivity contribution in [2.24, 2.45) is 0 Å². The molecule has 0 bridgehead atoms. The van der Waals surface area contributed by atoms with Crippen molar-refractivity contribution in [2.75, 3.05) is 12.3 Å². The van der Waals surface area contributed by atoms with Crippen LogP contribution < -0.4 is 5.73 Å². The minimum Gasteiger partial charge on any atom is -0.395 e. The maximum Gasteiger partial charge on any atom is 0.164 e. The molecule has 0 aliphatic rings. The Bertz CT molecular complexity index is 391. The van der Waals surface area contributed by atoms with Crippen LogP contribution in [0.2, 0.25) is 0 Å². The van der Waals surface area contributed by atoms with Crippen LogP contribution in [0.5, 0.6) is 0 Å². The van der Waals surface area contributed by atoms with Crippen LogP contribution in [-0.4, -0.2) is 21.9 Å². The van der Waals surface area contributed by atoms with Crippen LogP contribution in [0.1, 0.15) is 17.7 Å². The fourth-order valence-electron chi connectivity index (χ4n) is 0.766. The van der Waals surface area contributed by atoms with Gasteiger partial charge in [-0.05, 0) is 5.92 Å². The third-order valence-corrected chi connectivity index (χ3v) is 1.36. The zero-order valence-corrected chi connectivity index (χ0v) is 6.83. The molecule has 1 rings (SSSR count). The smallest absolute Gasteiger partial charge is 0.164 e. The molecule has 5 heteroatoms. The van der Waals surface area contributed by atoms with E-state index in [1.54, 1.807) is 0 Å². The van der Waals surface area contributed by atoms with Gasteiger partial charge in [0.15, 0.2) is 5.82 Å². The number of nitrogen functional groups attached to an aromatic ring is 1. The molecule has 0 aliphatic heterocycles. The molecular weight excluding hydrogens is 168 g/mol. The van der Waals surface area contributed by atoms with E-state index in [9.17, 15) is 0 Å². The summed E-state index contributed by atoms with van der Waals surface area (Å²) >= 11 is 0. The number of nitriles is 1. The molecule has 0 aliphatic carbocycles. The van der Waals surface area contributed by atoms with Gasteiger partial charge in [-0.25, -0.2) is 0 Å². The Balaban J connectivity index is 2.92. The third kappa shape index (κ3) is 1.98. The van der Waals surface area contributed by atoms with Gasteiger partial charge in [-0.3, -0.25) is 5.10 Å². The van der Waals surface area contributed by atoms with Gasteiger partial charge in [-0.15, -0.1) is 0 Å². The standard InChI is InChI=1S/C8H8N4O/c9-5-6-7(3-1-2-4-13)11-12-8(6)10/h13H,2,4H2,(H3,10,11,12). The molecular formula is C8H8N4O. The normalized spacial score (nSPS) is 8.62. The SMILES string of the molecule is N#Cc1c(N)n[nH]c1C#CCCO. The van der Waals surface area contributed by atoms with Gasteiger partial charge in [0.2, 0.25) is 0 Å². The molecule has 0 saturated heterocycles. The highest BCUT2D eigenvalue weighted by molar-refractivity contribution is 5.55. The lowest BCUT2D eigenvalue weighted by atomic mass is 10.2. The second-order valence-electron chi connectivity index (χ2n) is 2.25. The molecule has 0 atom stereocenters. The maximum absolute atomic E-state index is 8.64. The van der Waals surface area contributed by atoms with Gasteiger partial charge in [0.1, 0.15) is 17.3 Å². The summed E-state index contributed by atoms with van der Waals surface area (Å²) in [6, 6.07) is 1.89. The topological polar surface area (TPSA) is 98.7 Å². The Labute approximate surface area is 75.2 Å². The summed E-state index contributed by atoms with van der Waals surface area (Å²) in [5, 5.41) is 23.3. The molecule has 13 heavy (non-hydrogen) atoms. The van der Waals surface area contributed by atoms with Gasteiger partial charge in [0.25, 0.3) is 0 Å². The van der Waals surface area contributed by atoms with Crippen LogP contribution in [0.25, 0.3) is 0 Å². The summed E-state index contributed by atoms with van der Waals surface area (Å²) in [4.78, 5) is 0. The van der Waals surface area contributed by atoms with Crippen LogP contribution in [0.4, 0.5) is 5.82 Å². The van der Waals surface area contributed by atoms with Crippen LogP contribution in [0.3, 0.4) is 0 Å². The number of aromatic amines is 1. The van der Waals surface area contributed by atoms with E-state index in [0.29, 0.717) is 12.1 Å².